The molecule has 2 heterocycles. The summed E-state index contributed by atoms with van der Waals surface area (Å²) >= 11 is 5.17. The van der Waals surface area contributed by atoms with Gasteiger partial charge >= 0.3 is 0 Å². The summed E-state index contributed by atoms with van der Waals surface area (Å²) in [6, 6.07) is 8.53. The number of benzene rings is 1. The fraction of sp³-hybridized carbons (Fsp3) is 0.357. The number of thiazole rings is 1. The summed E-state index contributed by atoms with van der Waals surface area (Å²) in [4.78, 5) is 8.29. The molecular formula is C14H16BrN3S. The lowest BCUT2D eigenvalue weighted by molar-refractivity contribution is 0.279. The maximum atomic E-state index is 5.77. The SMILES string of the molecule is Nc1nc2c(s1)CCN(Cc1cccc(Br)c1)CC2. The van der Waals surface area contributed by atoms with Crippen LogP contribution in [0.2, 0.25) is 0 Å². The van der Waals surface area contributed by atoms with E-state index in [1.807, 2.05) is 0 Å². The highest BCUT2D eigenvalue weighted by Crippen LogP contribution is 2.25. The molecule has 0 bridgehead atoms. The number of hydrogen-bond acceptors (Lipinski definition) is 4. The van der Waals surface area contributed by atoms with Gasteiger partial charge in [0.05, 0.1) is 5.69 Å². The first-order chi connectivity index (χ1) is 9.20. The third-order valence-corrected chi connectivity index (χ3v) is 4.89. The van der Waals surface area contributed by atoms with Crippen LogP contribution in [0.1, 0.15) is 16.1 Å². The van der Waals surface area contributed by atoms with E-state index >= 15 is 0 Å². The lowest BCUT2D eigenvalue weighted by Gasteiger charge is -2.19. The zero-order chi connectivity index (χ0) is 13.2. The van der Waals surface area contributed by atoms with Crippen LogP contribution >= 0.6 is 27.3 Å². The van der Waals surface area contributed by atoms with Crippen molar-refractivity contribution in [3.8, 4) is 0 Å². The minimum Gasteiger partial charge on any atom is -0.375 e. The molecule has 0 fully saturated rings. The second kappa shape index (κ2) is 5.61. The van der Waals surface area contributed by atoms with E-state index in [2.05, 4.69) is 50.1 Å². The maximum absolute atomic E-state index is 5.77. The molecule has 0 atom stereocenters. The Kier molecular flexibility index (Phi) is 3.86. The minimum absolute atomic E-state index is 0.713. The monoisotopic (exact) mass is 337 g/mol. The van der Waals surface area contributed by atoms with E-state index in [0.29, 0.717) is 5.13 Å². The predicted octanol–water partition coefficient (Wildman–Crippen LogP) is 3.09. The summed E-state index contributed by atoms with van der Waals surface area (Å²) in [6.45, 7) is 3.15. The molecule has 100 valence electrons. The smallest absolute Gasteiger partial charge is 0.180 e. The van der Waals surface area contributed by atoms with Crippen molar-refractivity contribution < 1.29 is 0 Å². The van der Waals surface area contributed by atoms with Crippen molar-refractivity contribution in [3.05, 3.63) is 44.9 Å². The summed E-state index contributed by atoms with van der Waals surface area (Å²) in [5, 5.41) is 0.713. The predicted molar refractivity (Wildman–Crippen MR) is 83.4 cm³/mol. The molecule has 0 aliphatic carbocycles. The van der Waals surface area contributed by atoms with Crippen molar-refractivity contribution in [1.82, 2.24) is 9.88 Å². The number of fused-ring (bicyclic) bond motifs is 1. The topological polar surface area (TPSA) is 42.1 Å². The number of rotatable bonds is 2. The first-order valence-corrected chi connectivity index (χ1v) is 8.02. The van der Waals surface area contributed by atoms with Crippen LogP contribution in [0.5, 0.6) is 0 Å². The van der Waals surface area contributed by atoms with E-state index in [1.54, 1.807) is 11.3 Å². The van der Waals surface area contributed by atoms with Crippen LogP contribution in [0.4, 0.5) is 5.13 Å². The highest BCUT2D eigenvalue weighted by molar-refractivity contribution is 9.10. The largest absolute Gasteiger partial charge is 0.375 e. The Hall–Kier alpha value is -0.910. The summed E-state index contributed by atoms with van der Waals surface area (Å²) in [5.74, 6) is 0. The zero-order valence-electron chi connectivity index (χ0n) is 10.6. The lowest BCUT2D eigenvalue weighted by Crippen LogP contribution is -2.26. The maximum Gasteiger partial charge on any atom is 0.180 e. The third-order valence-electron chi connectivity index (χ3n) is 3.41. The number of anilines is 1. The van der Waals surface area contributed by atoms with Gasteiger partial charge in [0.1, 0.15) is 0 Å². The number of nitrogen functional groups attached to an aromatic ring is 1. The van der Waals surface area contributed by atoms with Crippen molar-refractivity contribution in [3.63, 3.8) is 0 Å². The van der Waals surface area contributed by atoms with Gasteiger partial charge in [-0.2, -0.15) is 0 Å². The number of aromatic nitrogens is 1. The molecule has 0 saturated heterocycles. The molecule has 1 aliphatic heterocycles. The van der Waals surface area contributed by atoms with Crippen molar-refractivity contribution in [2.45, 2.75) is 19.4 Å². The quantitative estimate of drug-likeness (QED) is 0.915. The van der Waals surface area contributed by atoms with E-state index in [1.165, 1.54) is 16.1 Å². The Bertz CT molecular complexity index is 556. The minimum atomic E-state index is 0.713. The molecule has 1 aliphatic rings. The molecule has 0 unspecified atom stereocenters. The number of nitrogens with zero attached hydrogens (tertiary/aromatic N) is 2. The summed E-state index contributed by atoms with van der Waals surface area (Å²) in [5.41, 5.74) is 8.33. The van der Waals surface area contributed by atoms with Crippen molar-refractivity contribution in [2.24, 2.45) is 0 Å². The normalized spacial score (nSPS) is 16.1. The average Bonchev–Trinajstić information content (AvgIpc) is 2.64. The number of halogens is 1. The molecule has 3 nitrogen and oxygen atoms in total. The Morgan fingerprint density at radius 3 is 3.00 bits per heavy atom. The number of hydrogen-bond donors (Lipinski definition) is 1. The zero-order valence-corrected chi connectivity index (χ0v) is 13.0. The van der Waals surface area contributed by atoms with Gasteiger partial charge in [-0.15, -0.1) is 11.3 Å². The molecule has 0 radical (unpaired) electrons. The van der Waals surface area contributed by atoms with Crippen LogP contribution in [-0.2, 0) is 19.4 Å². The van der Waals surface area contributed by atoms with Crippen molar-refractivity contribution in [2.75, 3.05) is 18.8 Å². The van der Waals surface area contributed by atoms with E-state index in [9.17, 15) is 0 Å². The molecule has 1 aromatic carbocycles. The van der Waals surface area contributed by atoms with Gasteiger partial charge in [0.25, 0.3) is 0 Å². The molecule has 2 N–H and O–H groups in total. The van der Waals surface area contributed by atoms with E-state index < -0.39 is 0 Å². The van der Waals surface area contributed by atoms with E-state index in [4.69, 9.17) is 5.73 Å². The lowest BCUT2D eigenvalue weighted by atomic mass is 10.2. The Morgan fingerprint density at radius 1 is 1.32 bits per heavy atom. The molecule has 0 spiro atoms. The first-order valence-electron chi connectivity index (χ1n) is 6.41. The highest BCUT2D eigenvalue weighted by Gasteiger charge is 2.17. The van der Waals surface area contributed by atoms with Crippen molar-refractivity contribution >= 4 is 32.4 Å². The Balaban J connectivity index is 1.67. The molecule has 1 aromatic heterocycles. The van der Waals surface area contributed by atoms with Gasteiger partial charge in [-0.05, 0) is 24.1 Å². The van der Waals surface area contributed by atoms with Gasteiger partial charge in [0.2, 0.25) is 0 Å². The van der Waals surface area contributed by atoms with E-state index in [0.717, 1.165) is 36.9 Å². The van der Waals surface area contributed by atoms with Gasteiger partial charge in [-0.25, -0.2) is 4.98 Å². The Labute approximate surface area is 125 Å². The fourth-order valence-corrected chi connectivity index (χ4v) is 3.79. The van der Waals surface area contributed by atoms with Crippen LogP contribution in [0, 0.1) is 0 Å². The van der Waals surface area contributed by atoms with Gasteiger partial charge in [-0.1, -0.05) is 28.1 Å². The first kappa shape index (κ1) is 13.1. The second-order valence-electron chi connectivity index (χ2n) is 4.83. The van der Waals surface area contributed by atoms with Gasteiger partial charge in [0, 0.05) is 35.4 Å². The molecule has 0 amide bonds. The standard InChI is InChI=1S/C14H16BrN3S/c15-11-3-1-2-10(8-11)9-18-6-4-12-13(5-7-18)19-14(16)17-12/h1-3,8H,4-7,9H2,(H2,16,17). The third kappa shape index (κ3) is 3.16. The van der Waals surface area contributed by atoms with Gasteiger partial charge < -0.3 is 5.73 Å². The van der Waals surface area contributed by atoms with Gasteiger partial charge in [-0.3, -0.25) is 4.90 Å². The van der Waals surface area contributed by atoms with Gasteiger partial charge in [0.15, 0.2) is 5.13 Å². The van der Waals surface area contributed by atoms with Crippen LogP contribution in [0.15, 0.2) is 28.7 Å². The van der Waals surface area contributed by atoms with E-state index in [-0.39, 0.29) is 0 Å². The molecule has 19 heavy (non-hydrogen) atoms. The number of nitrogens with two attached hydrogens (primary N) is 1. The summed E-state index contributed by atoms with van der Waals surface area (Å²) < 4.78 is 1.15. The van der Waals surface area contributed by atoms with Crippen LogP contribution in [0.25, 0.3) is 0 Å². The second-order valence-corrected chi connectivity index (χ2v) is 6.86. The van der Waals surface area contributed by atoms with Crippen LogP contribution in [0.3, 0.4) is 0 Å². The van der Waals surface area contributed by atoms with Crippen molar-refractivity contribution in [1.29, 1.82) is 0 Å². The molecular weight excluding hydrogens is 322 g/mol. The summed E-state index contributed by atoms with van der Waals surface area (Å²) in [7, 11) is 0. The average molecular weight is 338 g/mol. The highest BCUT2D eigenvalue weighted by atomic mass is 79.9. The molecule has 5 heteroatoms. The molecule has 2 aromatic rings. The van der Waals surface area contributed by atoms with Crippen LogP contribution in [-0.4, -0.2) is 23.0 Å². The summed E-state index contributed by atoms with van der Waals surface area (Å²) in [6.07, 6.45) is 2.08. The van der Waals surface area contributed by atoms with Crippen LogP contribution < -0.4 is 5.73 Å². The molecule has 3 rings (SSSR count). The fourth-order valence-electron chi connectivity index (χ4n) is 2.48. The molecule has 0 saturated carbocycles. The Morgan fingerprint density at radius 2 is 2.16 bits per heavy atom.